The van der Waals surface area contributed by atoms with Gasteiger partial charge in [-0.25, -0.2) is 4.98 Å². The van der Waals surface area contributed by atoms with E-state index in [2.05, 4.69) is 30.2 Å². The molecule has 33 heavy (non-hydrogen) atoms. The summed E-state index contributed by atoms with van der Waals surface area (Å²) in [5, 5.41) is 25.1. The number of aryl methyl sites for hydroxylation is 1. The summed E-state index contributed by atoms with van der Waals surface area (Å²) in [7, 11) is 3.27. The highest BCUT2D eigenvalue weighted by Crippen LogP contribution is 2.39. The molecular formula is C21H20ClN7O4. The Kier molecular flexibility index (Phi) is 5.97. The molecule has 0 aliphatic rings. The summed E-state index contributed by atoms with van der Waals surface area (Å²) in [6.45, 7) is 1.84. The van der Waals surface area contributed by atoms with E-state index in [-0.39, 0.29) is 11.5 Å². The van der Waals surface area contributed by atoms with Crippen LogP contribution in [0.2, 0.25) is 5.02 Å². The molecule has 0 unspecified atom stereocenters. The van der Waals surface area contributed by atoms with Gasteiger partial charge in [0.2, 0.25) is 5.75 Å². The lowest BCUT2D eigenvalue weighted by Crippen LogP contribution is -2.30. The molecule has 4 rings (SSSR count). The Balaban J connectivity index is 1.84. The predicted molar refractivity (Wildman–Crippen MR) is 118 cm³/mol. The molecule has 0 saturated carbocycles. The Bertz CT molecular complexity index is 1360. The number of aromatic hydroxyl groups is 1. The number of hydrogen-bond acceptors (Lipinski definition) is 8. The number of hydrogen-bond donors (Lipinski definition) is 2. The molecule has 1 aromatic carbocycles. The fraction of sp³-hybridized carbons (Fsp3) is 0.238. The molecule has 0 spiro atoms. The summed E-state index contributed by atoms with van der Waals surface area (Å²) in [5.41, 5.74) is -0.180. The molecule has 0 aliphatic carbocycles. The number of halogens is 1. The van der Waals surface area contributed by atoms with Crippen molar-refractivity contribution in [3.05, 3.63) is 81.3 Å². The molecular weight excluding hydrogens is 450 g/mol. The van der Waals surface area contributed by atoms with E-state index in [0.29, 0.717) is 10.8 Å². The third-order valence-corrected chi connectivity index (χ3v) is 5.72. The average Bonchev–Trinajstić information content (AvgIpc) is 3.45. The predicted octanol–water partition coefficient (Wildman–Crippen LogP) is 2.44. The molecule has 11 nitrogen and oxygen atoms in total. The molecule has 1 amide bonds. The van der Waals surface area contributed by atoms with E-state index in [0.717, 1.165) is 5.56 Å². The van der Waals surface area contributed by atoms with Crippen molar-refractivity contribution in [3.63, 3.8) is 0 Å². The van der Waals surface area contributed by atoms with Crippen LogP contribution in [-0.2, 0) is 14.1 Å². The number of benzene rings is 1. The van der Waals surface area contributed by atoms with Gasteiger partial charge in [0, 0.05) is 25.0 Å². The summed E-state index contributed by atoms with van der Waals surface area (Å²) in [6, 6.07) is 7.27. The number of anilines is 1. The van der Waals surface area contributed by atoms with Gasteiger partial charge in [-0.1, -0.05) is 41.9 Å². The SMILES string of the molecule is C[C@H](c1nc(C(=O)Nc2cnoc2)c(O)c(=O)n1C)[C@@H](c1ccccc1Cl)c1nncn1C. The second-order valence-electron chi connectivity index (χ2n) is 7.49. The van der Waals surface area contributed by atoms with Gasteiger partial charge in [-0.15, -0.1) is 10.2 Å². The van der Waals surface area contributed by atoms with Crippen LogP contribution in [0.5, 0.6) is 5.75 Å². The van der Waals surface area contributed by atoms with Gasteiger partial charge < -0.3 is 19.5 Å². The maximum absolute atomic E-state index is 12.8. The van der Waals surface area contributed by atoms with Crippen LogP contribution in [-0.4, -0.2) is 40.5 Å². The molecule has 0 fully saturated rings. The van der Waals surface area contributed by atoms with Gasteiger partial charge >= 0.3 is 0 Å². The first-order chi connectivity index (χ1) is 15.8. The van der Waals surface area contributed by atoms with E-state index >= 15 is 0 Å². The Labute approximate surface area is 192 Å². The highest BCUT2D eigenvalue weighted by atomic mass is 35.5. The molecule has 0 bridgehead atoms. The molecule has 2 atom stereocenters. The molecule has 0 aliphatic heterocycles. The van der Waals surface area contributed by atoms with Crippen molar-refractivity contribution in [2.75, 3.05) is 5.32 Å². The first-order valence-corrected chi connectivity index (χ1v) is 10.3. The zero-order valence-corrected chi connectivity index (χ0v) is 18.7. The van der Waals surface area contributed by atoms with Crippen molar-refractivity contribution in [1.82, 2.24) is 29.5 Å². The maximum atomic E-state index is 12.8. The van der Waals surface area contributed by atoms with Crippen molar-refractivity contribution < 1.29 is 14.4 Å². The average molecular weight is 470 g/mol. The van der Waals surface area contributed by atoms with Crippen LogP contribution >= 0.6 is 11.6 Å². The number of amides is 1. The van der Waals surface area contributed by atoms with Crippen LogP contribution in [0.3, 0.4) is 0 Å². The molecule has 3 aromatic heterocycles. The van der Waals surface area contributed by atoms with Crippen molar-refractivity contribution in [1.29, 1.82) is 0 Å². The fourth-order valence-corrected chi connectivity index (χ4v) is 3.96. The summed E-state index contributed by atoms with van der Waals surface area (Å²) in [5.74, 6) is -1.66. The monoisotopic (exact) mass is 469 g/mol. The zero-order chi connectivity index (χ0) is 23.7. The standard InChI is InChI=1S/C21H20ClN7O4/c1-11(15(19-27-23-10-28(19)2)13-6-4-5-7-14(13)22)18-26-16(17(30)21(32)29(18)3)20(31)25-12-8-24-33-9-12/h4-11,15,30H,1-3H3,(H,25,31)/t11-,15-/m0/s1. The van der Waals surface area contributed by atoms with E-state index in [1.165, 1.54) is 24.1 Å². The molecule has 3 heterocycles. The number of carbonyl (C=O) groups is 1. The largest absolute Gasteiger partial charge is 0.501 e. The lowest BCUT2D eigenvalue weighted by atomic mass is 9.85. The Morgan fingerprint density at radius 1 is 1.24 bits per heavy atom. The highest BCUT2D eigenvalue weighted by molar-refractivity contribution is 6.31. The van der Waals surface area contributed by atoms with Gasteiger partial charge in [-0.3, -0.25) is 14.2 Å². The molecule has 12 heteroatoms. The van der Waals surface area contributed by atoms with Crippen LogP contribution in [0.15, 0.2) is 52.4 Å². The Morgan fingerprint density at radius 3 is 2.64 bits per heavy atom. The van der Waals surface area contributed by atoms with Gasteiger partial charge in [-0.2, -0.15) is 0 Å². The van der Waals surface area contributed by atoms with Crippen molar-refractivity contribution >= 4 is 23.2 Å². The van der Waals surface area contributed by atoms with Gasteiger partial charge in [-0.05, 0) is 11.6 Å². The van der Waals surface area contributed by atoms with Gasteiger partial charge in [0.05, 0.1) is 12.1 Å². The van der Waals surface area contributed by atoms with E-state index in [1.807, 2.05) is 25.1 Å². The van der Waals surface area contributed by atoms with Crippen LogP contribution in [0.1, 0.15) is 46.5 Å². The summed E-state index contributed by atoms with van der Waals surface area (Å²) in [4.78, 5) is 29.9. The number of nitrogens with zero attached hydrogens (tertiary/aromatic N) is 6. The van der Waals surface area contributed by atoms with E-state index in [9.17, 15) is 14.7 Å². The lowest BCUT2D eigenvalue weighted by molar-refractivity contribution is 0.101. The second-order valence-corrected chi connectivity index (χ2v) is 7.89. The Morgan fingerprint density at radius 2 is 2.00 bits per heavy atom. The van der Waals surface area contributed by atoms with Crippen LogP contribution in [0.4, 0.5) is 5.69 Å². The first kappa shape index (κ1) is 22.2. The molecule has 0 radical (unpaired) electrons. The minimum Gasteiger partial charge on any atom is -0.501 e. The maximum Gasteiger partial charge on any atom is 0.296 e. The normalized spacial score (nSPS) is 13.0. The summed E-state index contributed by atoms with van der Waals surface area (Å²) >= 11 is 6.51. The number of nitrogens with one attached hydrogen (secondary N) is 1. The summed E-state index contributed by atoms with van der Waals surface area (Å²) in [6.07, 6.45) is 4.05. The first-order valence-electron chi connectivity index (χ1n) is 9.88. The minimum absolute atomic E-state index is 0.251. The van der Waals surface area contributed by atoms with E-state index < -0.39 is 34.7 Å². The van der Waals surface area contributed by atoms with Gasteiger partial charge in [0.25, 0.3) is 11.5 Å². The smallest absolute Gasteiger partial charge is 0.296 e. The Hall–Kier alpha value is -3.99. The van der Waals surface area contributed by atoms with E-state index in [1.54, 1.807) is 24.0 Å². The number of aromatic nitrogens is 6. The second kappa shape index (κ2) is 8.87. The fourth-order valence-electron chi connectivity index (χ4n) is 3.71. The van der Waals surface area contributed by atoms with Crippen LogP contribution in [0.25, 0.3) is 0 Å². The molecule has 0 saturated heterocycles. The third kappa shape index (κ3) is 4.10. The minimum atomic E-state index is -0.783. The topological polar surface area (TPSA) is 141 Å². The van der Waals surface area contributed by atoms with Crippen molar-refractivity contribution in [2.45, 2.75) is 18.8 Å². The third-order valence-electron chi connectivity index (χ3n) is 5.38. The van der Waals surface area contributed by atoms with Crippen molar-refractivity contribution in [2.24, 2.45) is 14.1 Å². The molecule has 170 valence electrons. The molecule has 2 N–H and O–H groups in total. The zero-order valence-electron chi connectivity index (χ0n) is 17.9. The number of rotatable bonds is 6. The van der Waals surface area contributed by atoms with Gasteiger partial charge in [0.1, 0.15) is 29.9 Å². The highest BCUT2D eigenvalue weighted by Gasteiger charge is 2.32. The summed E-state index contributed by atoms with van der Waals surface area (Å²) < 4.78 is 7.65. The van der Waals surface area contributed by atoms with E-state index in [4.69, 9.17) is 11.6 Å². The quantitative estimate of drug-likeness (QED) is 0.438. The van der Waals surface area contributed by atoms with Gasteiger partial charge in [0.15, 0.2) is 5.69 Å². The van der Waals surface area contributed by atoms with Crippen LogP contribution in [0, 0.1) is 0 Å². The van der Waals surface area contributed by atoms with Crippen molar-refractivity contribution in [3.8, 4) is 5.75 Å². The lowest BCUT2D eigenvalue weighted by Gasteiger charge is -2.26. The number of carbonyl (C=O) groups excluding carboxylic acids is 1. The molecule has 4 aromatic rings. The van der Waals surface area contributed by atoms with Crippen LogP contribution < -0.4 is 10.9 Å².